The lowest BCUT2D eigenvalue weighted by Crippen LogP contribution is -2.44. The highest BCUT2D eigenvalue weighted by atomic mass is 16.3. The van der Waals surface area contributed by atoms with Gasteiger partial charge in [0.2, 0.25) is 0 Å². The van der Waals surface area contributed by atoms with Gasteiger partial charge in [-0.2, -0.15) is 0 Å². The number of amides is 1. The number of phenols is 2. The van der Waals surface area contributed by atoms with Crippen LogP contribution in [0.2, 0.25) is 0 Å². The van der Waals surface area contributed by atoms with E-state index in [-0.39, 0.29) is 17.4 Å². The largest absolute Gasteiger partial charge is 0.507 e. The van der Waals surface area contributed by atoms with Gasteiger partial charge in [0.15, 0.2) is 0 Å². The number of likely N-dealkylation sites (N-methyl/N-ethyl adjacent to an activating group) is 1. The number of hydrogen-bond acceptors (Lipinski definition) is 5. The van der Waals surface area contributed by atoms with Gasteiger partial charge >= 0.3 is 0 Å². The number of hydrogen-bond donors (Lipinski definition) is 3. The molecule has 0 unspecified atom stereocenters. The molecule has 3 N–H and O–H groups in total. The maximum absolute atomic E-state index is 13.2. The zero-order chi connectivity index (χ0) is 31.5. The Kier molecular flexibility index (Phi) is 8.92. The van der Waals surface area contributed by atoms with E-state index < -0.39 is 0 Å². The van der Waals surface area contributed by atoms with Gasteiger partial charge in [0, 0.05) is 72.7 Å². The van der Waals surface area contributed by atoms with Crippen molar-refractivity contribution in [2.75, 3.05) is 45.1 Å². The van der Waals surface area contributed by atoms with Gasteiger partial charge in [-0.25, -0.2) is 0 Å². The van der Waals surface area contributed by atoms with Crippen molar-refractivity contribution in [3.63, 3.8) is 0 Å². The van der Waals surface area contributed by atoms with Gasteiger partial charge in [-0.15, -0.1) is 0 Å². The number of anilines is 1. The summed E-state index contributed by atoms with van der Waals surface area (Å²) in [5, 5.41) is 25.4. The molecule has 6 rings (SSSR count). The van der Waals surface area contributed by atoms with Crippen molar-refractivity contribution in [2.24, 2.45) is 0 Å². The first-order chi connectivity index (χ1) is 21.8. The standard InChI is InChI=1S/C38H42N4O3/c1-26-27(2)42(16-8-15-41-19-17-40(3)18-20-41)34-14-13-29(23-33(26)34)21-28-9-7-12-31(22-28)38(45)39-32-24-35(43)37(36(44)25-32)30-10-5-4-6-11-30/h4-7,9-14,22-25,43-44H,8,15-21H2,1-3H3,(H,39,45). The molecule has 7 heteroatoms. The number of aryl methyl sites for hydroxylation is 2. The lowest BCUT2D eigenvalue weighted by atomic mass is 10.0. The smallest absolute Gasteiger partial charge is 0.255 e. The molecule has 0 spiro atoms. The third kappa shape index (κ3) is 6.75. The summed E-state index contributed by atoms with van der Waals surface area (Å²) < 4.78 is 2.47. The normalized spacial score (nSPS) is 14.2. The highest BCUT2D eigenvalue weighted by molar-refractivity contribution is 6.05. The van der Waals surface area contributed by atoms with Crippen LogP contribution < -0.4 is 5.32 Å². The van der Waals surface area contributed by atoms with Crippen molar-refractivity contribution >= 4 is 22.5 Å². The molecule has 1 aliphatic rings. The first-order valence-corrected chi connectivity index (χ1v) is 15.8. The Balaban J connectivity index is 1.13. The minimum atomic E-state index is -0.307. The van der Waals surface area contributed by atoms with Crippen LogP contribution in [0.25, 0.3) is 22.0 Å². The van der Waals surface area contributed by atoms with E-state index in [1.54, 1.807) is 6.07 Å². The third-order valence-electron chi connectivity index (χ3n) is 9.17. The van der Waals surface area contributed by atoms with Crippen LogP contribution in [0.4, 0.5) is 5.69 Å². The number of nitrogens with zero attached hydrogens (tertiary/aromatic N) is 3. The van der Waals surface area contributed by atoms with Crippen LogP contribution in [0.1, 0.15) is 39.2 Å². The van der Waals surface area contributed by atoms with E-state index in [2.05, 4.69) is 58.8 Å². The number of benzene rings is 4. The van der Waals surface area contributed by atoms with Crippen molar-refractivity contribution in [1.82, 2.24) is 14.4 Å². The van der Waals surface area contributed by atoms with Crippen molar-refractivity contribution in [3.05, 3.63) is 113 Å². The van der Waals surface area contributed by atoms with Crippen LogP contribution in [0.5, 0.6) is 11.5 Å². The zero-order valence-corrected chi connectivity index (χ0v) is 26.4. The molecule has 1 aliphatic heterocycles. The molecule has 1 amide bonds. The second-order valence-electron chi connectivity index (χ2n) is 12.3. The van der Waals surface area contributed by atoms with Gasteiger partial charge in [-0.05, 0) is 86.8 Å². The Bertz CT molecular complexity index is 1800. The number of rotatable bonds is 9. The Labute approximate surface area is 265 Å². The average molecular weight is 603 g/mol. The number of carbonyl (C=O) groups is 1. The maximum Gasteiger partial charge on any atom is 0.255 e. The Hall–Kier alpha value is -4.59. The number of fused-ring (bicyclic) bond motifs is 1. The molecular formula is C38H42N4O3. The number of phenolic OH excluding ortho intramolecular Hbond substituents is 2. The fourth-order valence-electron chi connectivity index (χ4n) is 6.47. The molecule has 45 heavy (non-hydrogen) atoms. The molecule has 232 valence electrons. The summed E-state index contributed by atoms with van der Waals surface area (Å²) >= 11 is 0. The quantitative estimate of drug-likeness (QED) is 0.173. The van der Waals surface area contributed by atoms with E-state index in [0.29, 0.717) is 28.8 Å². The SMILES string of the molecule is Cc1c(C)n(CCCN2CCN(C)CC2)c2ccc(Cc3cccc(C(=O)Nc4cc(O)c(-c5ccccc5)c(O)c4)c3)cc12. The van der Waals surface area contributed by atoms with Gasteiger partial charge in [0.05, 0.1) is 5.56 Å². The fraction of sp³-hybridized carbons (Fsp3) is 0.289. The van der Waals surface area contributed by atoms with Gasteiger partial charge < -0.3 is 29.9 Å². The van der Waals surface area contributed by atoms with Crippen molar-refractivity contribution < 1.29 is 15.0 Å². The predicted octanol–water partition coefficient (Wildman–Crippen LogP) is 6.82. The van der Waals surface area contributed by atoms with Crippen LogP contribution in [0.15, 0.2) is 84.9 Å². The average Bonchev–Trinajstić information content (AvgIpc) is 3.26. The minimum absolute atomic E-state index is 0.102. The molecule has 1 fully saturated rings. The van der Waals surface area contributed by atoms with Crippen LogP contribution in [0, 0.1) is 13.8 Å². The third-order valence-corrected chi connectivity index (χ3v) is 9.17. The molecule has 0 aliphatic carbocycles. The maximum atomic E-state index is 13.2. The summed E-state index contributed by atoms with van der Waals surface area (Å²) in [6.07, 6.45) is 1.85. The van der Waals surface area contributed by atoms with Gasteiger partial charge in [-0.1, -0.05) is 48.5 Å². The lowest BCUT2D eigenvalue weighted by Gasteiger charge is -2.32. The van der Waals surface area contributed by atoms with Crippen molar-refractivity contribution in [2.45, 2.75) is 33.2 Å². The molecule has 5 aromatic rings. The number of piperazine rings is 1. The molecule has 0 radical (unpaired) electrons. The molecule has 0 atom stereocenters. The van der Waals surface area contributed by atoms with E-state index in [9.17, 15) is 15.0 Å². The molecule has 0 bridgehead atoms. The Morgan fingerprint density at radius 2 is 1.51 bits per heavy atom. The van der Waals surface area contributed by atoms with Gasteiger partial charge in [-0.3, -0.25) is 4.79 Å². The molecule has 1 saturated heterocycles. The predicted molar refractivity (Wildman–Crippen MR) is 182 cm³/mol. The molecule has 2 heterocycles. The first-order valence-electron chi connectivity index (χ1n) is 15.8. The summed E-state index contributed by atoms with van der Waals surface area (Å²) in [4.78, 5) is 18.2. The van der Waals surface area contributed by atoms with Crippen LogP contribution >= 0.6 is 0 Å². The number of aromatic nitrogens is 1. The summed E-state index contributed by atoms with van der Waals surface area (Å²) in [7, 11) is 2.20. The molecular weight excluding hydrogens is 560 g/mol. The van der Waals surface area contributed by atoms with Gasteiger partial charge in [0.1, 0.15) is 11.5 Å². The van der Waals surface area contributed by atoms with E-state index in [1.807, 2.05) is 48.5 Å². The van der Waals surface area contributed by atoms with Crippen molar-refractivity contribution in [3.8, 4) is 22.6 Å². The van der Waals surface area contributed by atoms with Crippen LogP contribution in [0.3, 0.4) is 0 Å². The Morgan fingerprint density at radius 1 is 0.800 bits per heavy atom. The zero-order valence-electron chi connectivity index (χ0n) is 26.4. The number of carbonyl (C=O) groups excluding carboxylic acids is 1. The molecule has 7 nitrogen and oxygen atoms in total. The highest BCUT2D eigenvalue weighted by Crippen LogP contribution is 2.39. The topological polar surface area (TPSA) is 81.0 Å². The summed E-state index contributed by atoms with van der Waals surface area (Å²) in [5.41, 5.74) is 8.03. The second-order valence-corrected chi connectivity index (χ2v) is 12.3. The minimum Gasteiger partial charge on any atom is -0.507 e. The van der Waals surface area contributed by atoms with E-state index >= 15 is 0 Å². The summed E-state index contributed by atoms with van der Waals surface area (Å²) in [5.74, 6) is -0.510. The van der Waals surface area contributed by atoms with Gasteiger partial charge in [0.25, 0.3) is 5.91 Å². The Morgan fingerprint density at radius 3 is 2.24 bits per heavy atom. The van der Waals surface area contributed by atoms with Crippen LogP contribution in [-0.4, -0.2) is 70.3 Å². The van der Waals surface area contributed by atoms with Crippen molar-refractivity contribution in [1.29, 1.82) is 0 Å². The molecule has 0 saturated carbocycles. The lowest BCUT2D eigenvalue weighted by molar-refractivity contribution is 0.102. The highest BCUT2D eigenvalue weighted by Gasteiger charge is 2.17. The summed E-state index contributed by atoms with van der Waals surface area (Å²) in [6.45, 7) is 11.2. The molecule has 1 aromatic heterocycles. The second kappa shape index (κ2) is 13.2. The van der Waals surface area contributed by atoms with E-state index in [4.69, 9.17) is 0 Å². The molecule has 4 aromatic carbocycles. The monoisotopic (exact) mass is 602 g/mol. The van der Waals surface area contributed by atoms with E-state index in [1.165, 1.54) is 39.9 Å². The number of aromatic hydroxyl groups is 2. The van der Waals surface area contributed by atoms with E-state index in [0.717, 1.165) is 51.3 Å². The first kappa shape index (κ1) is 30.4. The van der Waals surface area contributed by atoms with Crippen LogP contribution in [-0.2, 0) is 13.0 Å². The number of nitrogens with one attached hydrogen (secondary N) is 1. The fourth-order valence-corrected chi connectivity index (χ4v) is 6.47. The summed E-state index contributed by atoms with van der Waals surface area (Å²) in [6, 6.07) is 26.4.